The van der Waals surface area contributed by atoms with E-state index < -0.39 is 53.8 Å². The number of halogens is 4. The number of alkyl halides is 3. The molecule has 3 heterocycles. The molecule has 0 unspecified atom stereocenters. The third-order valence-corrected chi connectivity index (χ3v) is 6.84. The van der Waals surface area contributed by atoms with E-state index in [4.69, 9.17) is 4.74 Å². The van der Waals surface area contributed by atoms with Crippen molar-refractivity contribution < 1.29 is 36.7 Å². The fraction of sp³-hybridized carbons (Fsp3) is 0.250. The second kappa shape index (κ2) is 11.6. The summed E-state index contributed by atoms with van der Waals surface area (Å²) in [5.74, 6) is -4.32. The molecule has 0 bridgehead atoms. The summed E-state index contributed by atoms with van der Waals surface area (Å²) in [5.41, 5.74) is 1.73. The van der Waals surface area contributed by atoms with Crippen LogP contribution in [-0.4, -0.2) is 49.0 Å². The quantitative estimate of drug-likeness (QED) is 0.178. The highest BCUT2D eigenvalue weighted by atomic mass is 19.4. The van der Waals surface area contributed by atoms with Crippen LogP contribution in [0, 0.1) is 12.7 Å². The van der Waals surface area contributed by atoms with Gasteiger partial charge < -0.3 is 15.4 Å². The maximum Gasteiger partial charge on any atom is 0.451 e. The predicted octanol–water partition coefficient (Wildman–Crippen LogP) is 3.68. The van der Waals surface area contributed by atoms with E-state index in [-0.39, 0.29) is 23.7 Å². The molecule has 0 spiro atoms. The van der Waals surface area contributed by atoms with Crippen LogP contribution in [0.25, 0.3) is 5.65 Å². The van der Waals surface area contributed by atoms with Crippen LogP contribution >= 0.6 is 0 Å². The van der Waals surface area contributed by atoms with Crippen molar-refractivity contribution in [2.75, 3.05) is 6.61 Å². The molecule has 4 aromatic rings. The van der Waals surface area contributed by atoms with Gasteiger partial charge in [0.05, 0.1) is 30.0 Å². The Morgan fingerprint density at radius 3 is 2.72 bits per heavy atom. The molecule has 1 atom stereocenters. The number of amides is 2. The molecule has 0 aliphatic heterocycles. The summed E-state index contributed by atoms with van der Waals surface area (Å²) in [6.07, 6.45) is -0.476. The smallest absolute Gasteiger partial charge is 0.451 e. The van der Waals surface area contributed by atoms with Gasteiger partial charge in [-0.3, -0.25) is 9.59 Å². The first-order valence-electron chi connectivity index (χ1n) is 12.9. The van der Waals surface area contributed by atoms with Crippen molar-refractivity contribution in [2.24, 2.45) is 0 Å². The number of hydrogen-bond acceptors (Lipinski definition) is 8. The van der Waals surface area contributed by atoms with Crippen molar-refractivity contribution in [2.45, 2.75) is 38.5 Å². The first-order chi connectivity index (χ1) is 20.5. The van der Waals surface area contributed by atoms with Gasteiger partial charge >= 0.3 is 12.1 Å². The predicted molar refractivity (Wildman–Crippen MR) is 141 cm³/mol. The monoisotopic (exact) mass is 597 g/mol. The van der Waals surface area contributed by atoms with E-state index in [1.807, 2.05) is 0 Å². The molecule has 3 aromatic heterocycles. The largest absolute Gasteiger partial charge is 0.458 e. The van der Waals surface area contributed by atoms with E-state index in [1.54, 1.807) is 19.1 Å². The Bertz CT molecular complexity index is 1770. The number of aromatic nitrogens is 5. The number of rotatable bonds is 8. The van der Waals surface area contributed by atoms with Crippen LogP contribution in [0.5, 0.6) is 0 Å². The summed E-state index contributed by atoms with van der Waals surface area (Å²) < 4.78 is 59.3. The highest BCUT2D eigenvalue weighted by molar-refractivity contribution is 5.98. The second-order valence-electron chi connectivity index (χ2n) is 9.56. The Balaban J connectivity index is 1.37. The van der Waals surface area contributed by atoms with Gasteiger partial charge in [0.15, 0.2) is 11.5 Å². The van der Waals surface area contributed by atoms with E-state index in [0.29, 0.717) is 18.4 Å². The van der Waals surface area contributed by atoms with Crippen LogP contribution in [0.1, 0.15) is 72.0 Å². The van der Waals surface area contributed by atoms with Crippen LogP contribution < -0.4 is 10.6 Å². The van der Waals surface area contributed by atoms with Gasteiger partial charge in [-0.1, -0.05) is 18.7 Å². The lowest BCUT2D eigenvalue weighted by atomic mass is 9.98. The Hall–Kier alpha value is -5.21. The van der Waals surface area contributed by atoms with Crippen LogP contribution in [0.15, 0.2) is 49.3 Å². The zero-order valence-electron chi connectivity index (χ0n) is 22.5. The molecule has 11 nitrogen and oxygen atoms in total. The molecule has 0 radical (unpaired) electrons. The Morgan fingerprint density at radius 1 is 1.19 bits per heavy atom. The van der Waals surface area contributed by atoms with Crippen molar-refractivity contribution in [3.05, 3.63) is 100 Å². The molecule has 222 valence electrons. The maximum absolute atomic E-state index is 14.5. The molecular weight excluding hydrogens is 574 g/mol. The first-order valence-corrected chi connectivity index (χ1v) is 12.9. The molecule has 1 aliphatic rings. The SMILES string of the molecule is C=CCOC(=O)c1ccc2c(c1C)CC[C@@H]2NC(=O)c1cc(C(=O)NCc2ccnc(C(F)(F)F)n2)nc2c(F)cnn12. The fourth-order valence-electron chi connectivity index (χ4n) is 4.80. The van der Waals surface area contributed by atoms with Gasteiger partial charge in [-0.25, -0.2) is 28.7 Å². The van der Waals surface area contributed by atoms with Gasteiger partial charge in [-0.2, -0.15) is 18.3 Å². The molecule has 15 heteroatoms. The third-order valence-electron chi connectivity index (χ3n) is 6.84. The molecule has 0 saturated heterocycles. The zero-order valence-corrected chi connectivity index (χ0v) is 22.5. The number of carbonyl (C=O) groups is 3. The van der Waals surface area contributed by atoms with Gasteiger partial charge in [0.25, 0.3) is 11.8 Å². The minimum Gasteiger partial charge on any atom is -0.458 e. The van der Waals surface area contributed by atoms with Crippen LogP contribution in [0.4, 0.5) is 17.6 Å². The number of hydrogen-bond donors (Lipinski definition) is 2. The van der Waals surface area contributed by atoms with Crippen LogP contribution in [-0.2, 0) is 23.9 Å². The highest BCUT2D eigenvalue weighted by Crippen LogP contribution is 2.35. The molecule has 2 N–H and O–H groups in total. The molecular formula is C28H23F4N7O4. The topological polar surface area (TPSA) is 140 Å². The third kappa shape index (κ3) is 5.91. The second-order valence-corrected chi connectivity index (χ2v) is 9.56. The summed E-state index contributed by atoms with van der Waals surface area (Å²) in [7, 11) is 0. The number of esters is 1. The van der Waals surface area contributed by atoms with Gasteiger partial charge in [0.2, 0.25) is 5.82 Å². The average Bonchev–Trinajstić information content (AvgIpc) is 3.57. The summed E-state index contributed by atoms with van der Waals surface area (Å²) in [4.78, 5) is 49.2. The molecule has 5 rings (SSSR count). The van der Waals surface area contributed by atoms with Crippen molar-refractivity contribution in [3.63, 3.8) is 0 Å². The summed E-state index contributed by atoms with van der Waals surface area (Å²) in [6, 6.07) is 5.19. The zero-order chi connectivity index (χ0) is 30.9. The van der Waals surface area contributed by atoms with E-state index in [2.05, 4.69) is 37.3 Å². The Kier molecular flexibility index (Phi) is 7.89. The molecule has 43 heavy (non-hydrogen) atoms. The Morgan fingerprint density at radius 2 is 1.98 bits per heavy atom. The number of benzene rings is 1. The number of ether oxygens (including phenoxy) is 1. The van der Waals surface area contributed by atoms with Gasteiger partial charge in [-0.15, -0.1) is 0 Å². The number of carbonyl (C=O) groups excluding carboxylic acids is 3. The fourth-order valence-corrected chi connectivity index (χ4v) is 4.80. The summed E-state index contributed by atoms with van der Waals surface area (Å²) in [5, 5.41) is 9.10. The molecule has 1 aromatic carbocycles. The molecule has 0 saturated carbocycles. The lowest BCUT2D eigenvalue weighted by molar-refractivity contribution is -0.145. The van der Waals surface area contributed by atoms with Gasteiger partial charge in [0, 0.05) is 12.3 Å². The molecule has 0 fully saturated rings. The Labute approximate surface area is 241 Å². The van der Waals surface area contributed by atoms with E-state index in [9.17, 15) is 31.9 Å². The average molecular weight is 598 g/mol. The standard InChI is InChI=1S/C28H23F4N7O4/c1-3-10-43-26(42)17-4-5-18-16(14(17)2)6-7-20(18)38-25(41)22-11-21(37-23-19(29)13-35-39(22)23)24(40)34-12-15-8-9-33-27(36-15)28(30,31)32/h3-5,8-9,11,13,20H,1,6-7,10,12H2,2H3,(H,34,40)(H,38,41)/t20-/m0/s1. The van der Waals surface area contributed by atoms with Gasteiger partial charge in [0.1, 0.15) is 18.0 Å². The number of nitrogens with zero attached hydrogens (tertiary/aromatic N) is 5. The minimum atomic E-state index is -4.77. The van der Waals surface area contributed by atoms with Crippen molar-refractivity contribution >= 4 is 23.4 Å². The van der Waals surface area contributed by atoms with Crippen molar-refractivity contribution in [3.8, 4) is 0 Å². The lowest BCUT2D eigenvalue weighted by Gasteiger charge is -2.16. The highest BCUT2D eigenvalue weighted by Gasteiger charge is 2.34. The lowest BCUT2D eigenvalue weighted by Crippen LogP contribution is -2.31. The van der Waals surface area contributed by atoms with Crippen molar-refractivity contribution in [1.29, 1.82) is 0 Å². The summed E-state index contributed by atoms with van der Waals surface area (Å²) >= 11 is 0. The van der Waals surface area contributed by atoms with E-state index in [0.717, 1.165) is 39.7 Å². The van der Waals surface area contributed by atoms with E-state index in [1.165, 1.54) is 12.1 Å². The summed E-state index contributed by atoms with van der Waals surface area (Å²) in [6.45, 7) is 4.98. The molecule has 2 amide bonds. The van der Waals surface area contributed by atoms with Crippen LogP contribution in [0.3, 0.4) is 0 Å². The number of fused-ring (bicyclic) bond motifs is 2. The van der Waals surface area contributed by atoms with Crippen molar-refractivity contribution in [1.82, 2.24) is 35.2 Å². The van der Waals surface area contributed by atoms with Crippen LogP contribution in [0.2, 0.25) is 0 Å². The number of nitrogens with one attached hydrogen (secondary N) is 2. The maximum atomic E-state index is 14.5. The van der Waals surface area contributed by atoms with E-state index >= 15 is 0 Å². The minimum absolute atomic E-state index is 0.0715. The first kappa shape index (κ1) is 29.3. The van der Waals surface area contributed by atoms with Gasteiger partial charge in [-0.05, 0) is 48.6 Å². The molecule has 1 aliphatic carbocycles. The normalized spacial score (nSPS) is 14.3.